The molecular weight excluding hydrogens is 232 g/mol. The number of nitrogens with zero attached hydrogens (tertiary/aromatic N) is 3. The van der Waals surface area contributed by atoms with Crippen LogP contribution in [0.3, 0.4) is 0 Å². The van der Waals surface area contributed by atoms with E-state index in [0.29, 0.717) is 6.54 Å². The van der Waals surface area contributed by atoms with Crippen molar-refractivity contribution in [2.75, 3.05) is 0 Å². The Kier molecular flexibility index (Phi) is 2.42. The molecule has 0 aromatic carbocycles. The van der Waals surface area contributed by atoms with E-state index in [4.69, 9.17) is 5.73 Å². The molecule has 5 heteroatoms. The highest BCUT2D eigenvalue weighted by Gasteiger charge is 2.10. The van der Waals surface area contributed by atoms with E-state index >= 15 is 0 Å². The van der Waals surface area contributed by atoms with Gasteiger partial charge in [-0.15, -0.1) is 11.3 Å². The van der Waals surface area contributed by atoms with Crippen LogP contribution < -0.4 is 5.73 Å². The molecule has 0 spiro atoms. The normalized spacial score (nSPS) is 11.2. The van der Waals surface area contributed by atoms with Crippen LogP contribution in [0.2, 0.25) is 0 Å². The molecule has 0 radical (unpaired) electrons. The highest BCUT2D eigenvalue weighted by Crippen LogP contribution is 2.28. The van der Waals surface area contributed by atoms with E-state index in [2.05, 4.69) is 28.5 Å². The number of nitrogens with two attached hydrogens (primary N) is 1. The molecule has 0 aliphatic carbocycles. The Morgan fingerprint density at radius 2 is 2.29 bits per heavy atom. The second-order valence-electron chi connectivity index (χ2n) is 3.87. The summed E-state index contributed by atoms with van der Waals surface area (Å²) in [7, 11) is 0. The lowest BCUT2D eigenvalue weighted by molar-refractivity contribution is 0.838. The van der Waals surface area contributed by atoms with Crippen LogP contribution in [0.4, 0.5) is 0 Å². The number of fused-ring (bicyclic) bond motifs is 1. The quantitative estimate of drug-likeness (QED) is 0.752. The molecular formula is C12H12N4S. The van der Waals surface area contributed by atoms with Gasteiger partial charge in [0.2, 0.25) is 0 Å². The summed E-state index contributed by atoms with van der Waals surface area (Å²) in [5.41, 5.74) is 9.71. The molecule has 4 nitrogen and oxygen atoms in total. The Morgan fingerprint density at radius 3 is 3.00 bits per heavy atom. The Labute approximate surface area is 103 Å². The minimum absolute atomic E-state index is 0.462. The molecule has 3 aromatic rings. The van der Waals surface area contributed by atoms with E-state index in [0.717, 1.165) is 17.0 Å². The molecule has 0 saturated carbocycles. The van der Waals surface area contributed by atoms with Gasteiger partial charge in [-0.1, -0.05) is 0 Å². The number of aryl methyl sites for hydroxylation is 1. The SMILES string of the molecule is Cc1ccsc1-c1cc2nccc(CN)n2n1. The van der Waals surface area contributed by atoms with Crippen molar-refractivity contribution in [2.24, 2.45) is 5.73 Å². The molecule has 0 atom stereocenters. The lowest BCUT2D eigenvalue weighted by Crippen LogP contribution is -2.05. The number of hydrogen-bond acceptors (Lipinski definition) is 4. The van der Waals surface area contributed by atoms with E-state index in [-0.39, 0.29) is 0 Å². The number of aromatic nitrogens is 3. The number of hydrogen-bond donors (Lipinski definition) is 1. The van der Waals surface area contributed by atoms with Gasteiger partial charge in [0, 0.05) is 18.8 Å². The van der Waals surface area contributed by atoms with Crippen LogP contribution in [0.1, 0.15) is 11.3 Å². The standard InChI is InChI=1S/C12H12N4S/c1-8-3-5-17-12(8)10-6-11-14-4-2-9(7-13)16(11)15-10/h2-6H,7,13H2,1H3. The molecule has 0 bridgehead atoms. The van der Waals surface area contributed by atoms with Crippen molar-refractivity contribution in [1.29, 1.82) is 0 Å². The second-order valence-corrected chi connectivity index (χ2v) is 4.79. The van der Waals surface area contributed by atoms with Gasteiger partial charge in [-0.2, -0.15) is 5.10 Å². The molecule has 2 N–H and O–H groups in total. The van der Waals surface area contributed by atoms with Crippen LogP contribution in [0, 0.1) is 6.92 Å². The molecule has 17 heavy (non-hydrogen) atoms. The topological polar surface area (TPSA) is 56.2 Å². The van der Waals surface area contributed by atoms with Gasteiger partial charge >= 0.3 is 0 Å². The smallest absolute Gasteiger partial charge is 0.155 e. The van der Waals surface area contributed by atoms with Crippen molar-refractivity contribution in [2.45, 2.75) is 13.5 Å². The lowest BCUT2D eigenvalue weighted by atomic mass is 10.2. The fourth-order valence-corrected chi connectivity index (χ4v) is 2.73. The zero-order valence-corrected chi connectivity index (χ0v) is 10.2. The van der Waals surface area contributed by atoms with Crippen LogP contribution in [0.5, 0.6) is 0 Å². The molecule has 3 heterocycles. The Bertz CT molecular complexity index is 668. The van der Waals surface area contributed by atoms with Gasteiger partial charge in [-0.3, -0.25) is 0 Å². The molecule has 0 saturated heterocycles. The third kappa shape index (κ3) is 1.64. The van der Waals surface area contributed by atoms with E-state index < -0.39 is 0 Å². The second kappa shape index (κ2) is 3.94. The van der Waals surface area contributed by atoms with E-state index in [1.807, 2.05) is 16.6 Å². The Hall–Kier alpha value is -1.72. The van der Waals surface area contributed by atoms with Crippen LogP contribution in [0.25, 0.3) is 16.2 Å². The maximum atomic E-state index is 5.69. The zero-order chi connectivity index (χ0) is 11.8. The third-order valence-corrected chi connectivity index (χ3v) is 3.78. The van der Waals surface area contributed by atoms with Crippen LogP contribution in [-0.2, 0) is 6.54 Å². The summed E-state index contributed by atoms with van der Waals surface area (Å²) in [6, 6.07) is 5.99. The molecule has 3 rings (SSSR count). The fourth-order valence-electron chi connectivity index (χ4n) is 1.85. The molecule has 0 fully saturated rings. The van der Waals surface area contributed by atoms with Crippen LogP contribution >= 0.6 is 11.3 Å². The number of thiophene rings is 1. The van der Waals surface area contributed by atoms with Crippen molar-refractivity contribution >= 4 is 17.0 Å². The van der Waals surface area contributed by atoms with E-state index in [1.54, 1.807) is 17.5 Å². The first-order valence-electron chi connectivity index (χ1n) is 5.38. The van der Waals surface area contributed by atoms with Gasteiger partial charge in [-0.05, 0) is 30.0 Å². The van der Waals surface area contributed by atoms with Crippen molar-refractivity contribution in [1.82, 2.24) is 14.6 Å². The minimum Gasteiger partial charge on any atom is -0.325 e. The van der Waals surface area contributed by atoms with Crippen LogP contribution in [-0.4, -0.2) is 14.6 Å². The molecule has 86 valence electrons. The maximum absolute atomic E-state index is 5.69. The van der Waals surface area contributed by atoms with Crippen molar-refractivity contribution in [3.8, 4) is 10.6 Å². The first-order chi connectivity index (χ1) is 8.29. The van der Waals surface area contributed by atoms with Crippen molar-refractivity contribution in [3.05, 3.63) is 41.0 Å². The van der Waals surface area contributed by atoms with Crippen molar-refractivity contribution < 1.29 is 0 Å². The lowest BCUT2D eigenvalue weighted by Gasteiger charge is -1.99. The minimum atomic E-state index is 0.462. The predicted molar refractivity (Wildman–Crippen MR) is 68.9 cm³/mol. The summed E-state index contributed by atoms with van der Waals surface area (Å²) in [5, 5.41) is 6.65. The summed E-state index contributed by atoms with van der Waals surface area (Å²) in [6.07, 6.45) is 1.77. The summed E-state index contributed by atoms with van der Waals surface area (Å²) >= 11 is 1.70. The van der Waals surface area contributed by atoms with E-state index in [1.165, 1.54) is 10.4 Å². The summed E-state index contributed by atoms with van der Waals surface area (Å²) in [4.78, 5) is 5.49. The molecule has 0 unspecified atom stereocenters. The molecule has 0 aliphatic rings. The Balaban J connectivity index is 2.24. The first-order valence-corrected chi connectivity index (χ1v) is 6.26. The first kappa shape index (κ1) is 10.4. The van der Waals surface area contributed by atoms with Crippen LogP contribution in [0.15, 0.2) is 29.8 Å². The molecule has 3 aromatic heterocycles. The monoisotopic (exact) mass is 244 g/mol. The average Bonchev–Trinajstić information content (AvgIpc) is 2.93. The maximum Gasteiger partial charge on any atom is 0.155 e. The van der Waals surface area contributed by atoms with Crippen molar-refractivity contribution in [3.63, 3.8) is 0 Å². The summed E-state index contributed by atoms with van der Waals surface area (Å²) < 4.78 is 1.81. The summed E-state index contributed by atoms with van der Waals surface area (Å²) in [6.45, 7) is 2.55. The molecule has 0 amide bonds. The molecule has 0 aliphatic heterocycles. The third-order valence-electron chi connectivity index (χ3n) is 2.74. The van der Waals surface area contributed by atoms with Gasteiger partial charge in [0.05, 0.1) is 10.6 Å². The Morgan fingerprint density at radius 1 is 1.41 bits per heavy atom. The van der Waals surface area contributed by atoms with Gasteiger partial charge in [0.25, 0.3) is 0 Å². The summed E-state index contributed by atoms with van der Waals surface area (Å²) in [5.74, 6) is 0. The van der Waals surface area contributed by atoms with E-state index in [9.17, 15) is 0 Å². The predicted octanol–water partition coefficient (Wildman–Crippen LogP) is 2.22. The fraction of sp³-hybridized carbons (Fsp3) is 0.167. The van der Waals surface area contributed by atoms with Gasteiger partial charge < -0.3 is 5.73 Å². The van der Waals surface area contributed by atoms with Gasteiger partial charge in [0.15, 0.2) is 5.65 Å². The highest BCUT2D eigenvalue weighted by atomic mass is 32.1. The number of rotatable bonds is 2. The largest absolute Gasteiger partial charge is 0.325 e. The average molecular weight is 244 g/mol. The van der Waals surface area contributed by atoms with Gasteiger partial charge in [0.1, 0.15) is 5.69 Å². The highest BCUT2D eigenvalue weighted by molar-refractivity contribution is 7.13. The van der Waals surface area contributed by atoms with Gasteiger partial charge in [-0.25, -0.2) is 9.50 Å². The zero-order valence-electron chi connectivity index (χ0n) is 9.42.